The third kappa shape index (κ3) is 6.61. The van der Waals surface area contributed by atoms with Gasteiger partial charge in [-0.2, -0.15) is 0 Å². The van der Waals surface area contributed by atoms with E-state index in [1.165, 1.54) is 4.90 Å². The Morgan fingerprint density at radius 3 is 2.66 bits per heavy atom. The van der Waals surface area contributed by atoms with Crippen LogP contribution in [0.25, 0.3) is 0 Å². The molecule has 0 unspecified atom stereocenters. The summed E-state index contributed by atoms with van der Waals surface area (Å²) in [6.07, 6.45) is 1.23. The molecule has 32 heavy (non-hydrogen) atoms. The lowest BCUT2D eigenvalue weighted by Crippen LogP contribution is -2.45. The predicted octanol–water partition coefficient (Wildman–Crippen LogP) is 3.54. The average Bonchev–Trinajstić information content (AvgIpc) is 2.76. The standard InChI is InChI=1S/C23H25Cl2N3O4/c1-15-14-32-20-8-7-18(25)12-19(20)22(30)26-9-2-3-10-28(13-21(29)27-15)23(31)16-5-4-6-17(24)11-16/h4-8,11-12,15H,2-3,9-10,13-14H2,1H3,(H,26,30)(H,27,29)/t15-/m0/s1. The van der Waals surface area contributed by atoms with Gasteiger partial charge in [0.05, 0.1) is 18.2 Å². The van der Waals surface area contributed by atoms with Crippen LogP contribution in [0.2, 0.25) is 10.0 Å². The van der Waals surface area contributed by atoms with Crippen LogP contribution in [0.5, 0.6) is 5.75 Å². The van der Waals surface area contributed by atoms with Gasteiger partial charge in [-0.1, -0.05) is 29.3 Å². The molecule has 7 nitrogen and oxygen atoms in total. The quantitative estimate of drug-likeness (QED) is 0.657. The molecule has 2 aromatic rings. The van der Waals surface area contributed by atoms with Crippen molar-refractivity contribution in [2.45, 2.75) is 25.8 Å². The smallest absolute Gasteiger partial charge is 0.255 e. The van der Waals surface area contributed by atoms with Crippen molar-refractivity contribution >= 4 is 40.9 Å². The van der Waals surface area contributed by atoms with Crippen molar-refractivity contribution < 1.29 is 19.1 Å². The summed E-state index contributed by atoms with van der Waals surface area (Å²) in [5.74, 6) is -0.472. The molecule has 0 fully saturated rings. The summed E-state index contributed by atoms with van der Waals surface area (Å²) in [5.41, 5.74) is 0.754. The lowest BCUT2D eigenvalue weighted by molar-refractivity contribution is -0.122. The molecule has 1 aliphatic rings. The van der Waals surface area contributed by atoms with Crippen LogP contribution in [0.1, 0.15) is 40.5 Å². The Hall–Kier alpha value is -2.77. The molecule has 9 heteroatoms. The molecule has 2 N–H and O–H groups in total. The monoisotopic (exact) mass is 477 g/mol. The van der Waals surface area contributed by atoms with Crippen molar-refractivity contribution in [1.29, 1.82) is 0 Å². The van der Waals surface area contributed by atoms with Crippen LogP contribution in [0, 0.1) is 0 Å². The Balaban J connectivity index is 1.76. The molecule has 1 atom stereocenters. The summed E-state index contributed by atoms with van der Waals surface area (Å²) in [5, 5.41) is 6.58. The van der Waals surface area contributed by atoms with Crippen molar-refractivity contribution in [3.05, 3.63) is 63.6 Å². The maximum Gasteiger partial charge on any atom is 0.255 e. The van der Waals surface area contributed by atoms with E-state index in [4.69, 9.17) is 27.9 Å². The number of ether oxygens (including phenoxy) is 1. The Bertz CT molecular complexity index is 999. The molecule has 0 spiro atoms. The molecule has 3 amide bonds. The van der Waals surface area contributed by atoms with E-state index >= 15 is 0 Å². The van der Waals surface area contributed by atoms with E-state index in [0.717, 1.165) is 0 Å². The first-order valence-corrected chi connectivity index (χ1v) is 11.1. The third-order valence-corrected chi connectivity index (χ3v) is 5.39. The summed E-state index contributed by atoms with van der Waals surface area (Å²) in [6, 6.07) is 11.1. The van der Waals surface area contributed by atoms with Gasteiger partial charge in [0.15, 0.2) is 0 Å². The first-order valence-electron chi connectivity index (χ1n) is 10.4. The lowest BCUT2D eigenvalue weighted by Gasteiger charge is -2.23. The van der Waals surface area contributed by atoms with Crippen molar-refractivity contribution in [2.75, 3.05) is 26.2 Å². The van der Waals surface area contributed by atoms with Gasteiger partial charge in [-0.25, -0.2) is 0 Å². The number of nitrogens with one attached hydrogen (secondary N) is 2. The van der Waals surface area contributed by atoms with Gasteiger partial charge in [-0.05, 0) is 56.2 Å². The largest absolute Gasteiger partial charge is 0.491 e. The first-order chi connectivity index (χ1) is 15.3. The van der Waals surface area contributed by atoms with Gasteiger partial charge in [0.2, 0.25) is 5.91 Å². The van der Waals surface area contributed by atoms with Crippen LogP contribution >= 0.6 is 23.2 Å². The number of carbonyl (C=O) groups excluding carboxylic acids is 3. The topological polar surface area (TPSA) is 87.7 Å². The average molecular weight is 478 g/mol. The first kappa shape index (κ1) is 23.9. The minimum absolute atomic E-state index is 0.0890. The van der Waals surface area contributed by atoms with E-state index in [2.05, 4.69) is 10.6 Å². The minimum atomic E-state index is -0.345. The number of hydrogen-bond donors (Lipinski definition) is 2. The molecule has 2 aromatic carbocycles. The Labute approximate surface area is 197 Å². The van der Waals surface area contributed by atoms with Gasteiger partial charge in [-0.3, -0.25) is 14.4 Å². The zero-order valence-corrected chi connectivity index (χ0v) is 19.2. The fraction of sp³-hybridized carbons (Fsp3) is 0.348. The van der Waals surface area contributed by atoms with E-state index in [9.17, 15) is 14.4 Å². The van der Waals surface area contributed by atoms with Crippen LogP contribution in [0.3, 0.4) is 0 Å². The summed E-state index contributed by atoms with van der Waals surface area (Å²) in [6.45, 7) is 2.62. The number of nitrogens with zero attached hydrogens (tertiary/aromatic N) is 1. The van der Waals surface area contributed by atoms with Crippen LogP contribution in [0.4, 0.5) is 0 Å². The van der Waals surface area contributed by atoms with Crippen LogP contribution in [-0.4, -0.2) is 54.9 Å². The highest BCUT2D eigenvalue weighted by Gasteiger charge is 2.21. The third-order valence-electron chi connectivity index (χ3n) is 4.92. The van der Waals surface area contributed by atoms with E-state index in [1.54, 1.807) is 49.4 Å². The number of carbonyl (C=O) groups is 3. The molecular weight excluding hydrogens is 453 g/mol. The zero-order valence-electron chi connectivity index (χ0n) is 17.7. The van der Waals surface area contributed by atoms with Crippen molar-refractivity contribution in [3.8, 4) is 5.75 Å². The van der Waals surface area contributed by atoms with Gasteiger partial charge in [-0.15, -0.1) is 0 Å². The molecule has 3 rings (SSSR count). The van der Waals surface area contributed by atoms with Gasteiger partial charge < -0.3 is 20.3 Å². The molecule has 1 heterocycles. The van der Waals surface area contributed by atoms with Gasteiger partial charge in [0, 0.05) is 28.7 Å². The second kappa shape index (κ2) is 11.2. The minimum Gasteiger partial charge on any atom is -0.491 e. The fourth-order valence-corrected chi connectivity index (χ4v) is 3.70. The van der Waals surface area contributed by atoms with Crippen molar-refractivity contribution in [3.63, 3.8) is 0 Å². The molecule has 0 bridgehead atoms. The van der Waals surface area contributed by atoms with E-state index in [-0.39, 0.29) is 36.9 Å². The zero-order chi connectivity index (χ0) is 23.1. The number of rotatable bonds is 1. The SMILES string of the molecule is C[C@H]1COc2ccc(Cl)cc2C(=O)NCCCCN(C(=O)c2cccc(Cl)c2)CC(=O)N1. The lowest BCUT2D eigenvalue weighted by atomic mass is 10.1. The van der Waals surface area contributed by atoms with E-state index in [0.29, 0.717) is 52.9 Å². The highest BCUT2D eigenvalue weighted by atomic mass is 35.5. The predicted molar refractivity (Wildman–Crippen MR) is 123 cm³/mol. The highest BCUT2D eigenvalue weighted by molar-refractivity contribution is 6.31. The van der Waals surface area contributed by atoms with Crippen LogP contribution in [-0.2, 0) is 4.79 Å². The van der Waals surface area contributed by atoms with Gasteiger partial charge in [0.1, 0.15) is 12.4 Å². The number of amides is 3. The van der Waals surface area contributed by atoms with E-state index < -0.39 is 0 Å². The Morgan fingerprint density at radius 1 is 1.09 bits per heavy atom. The summed E-state index contributed by atoms with van der Waals surface area (Å²) in [4.78, 5) is 39.7. The van der Waals surface area contributed by atoms with E-state index in [1.807, 2.05) is 0 Å². The fourth-order valence-electron chi connectivity index (χ4n) is 3.34. The molecule has 1 aliphatic heterocycles. The maximum absolute atomic E-state index is 13.0. The maximum atomic E-state index is 13.0. The van der Waals surface area contributed by atoms with Gasteiger partial charge >= 0.3 is 0 Å². The number of benzene rings is 2. The van der Waals surface area contributed by atoms with Crippen molar-refractivity contribution in [2.24, 2.45) is 0 Å². The molecule has 0 radical (unpaired) electrons. The second-order valence-corrected chi connectivity index (χ2v) is 8.49. The van der Waals surface area contributed by atoms with Crippen molar-refractivity contribution in [1.82, 2.24) is 15.5 Å². The molecule has 0 aromatic heterocycles. The summed E-state index contributed by atoms with van der Waals surface area (Å²) in [7, 11) is 0. The highest BCUT2D eigenvalue weighted by Crippen LogP contribution is 2.23. The molecular formula is C23H25Cl2N3O4. The number of fused-ring (bicyclic) bond motifs is 1. The van der Waals surface area contributed by atoms with Gasteiger partial charge in [0.25, 0.3) is 11.8 Å². The number of hydrogen-bond acceptors (Lipinski definition) is 4. The molecule has 0 aliphatic carbocycles. The summed E-state index contributed by atoms with van der Waals surface area (Å²) >= 11 is 12.1. The normalized spacial score (nSPS) is 18.3. The summed E-state index contributed by atoms with van der Waals surface area (Å²) < 4.78 is 5.78. The Morgan fingerprint density at radius 2 is 1.88 bits per heavy atom. The molecule has 0 saturated carbocycles. The van der Waals surface area contributed by atoms with Crippen LogP contribution in [0.15, 0.2) is 42.5 Å². The Kier molecular flexibility index (Phi) is 8.36. The molecule has 170 valence electrons. The molecule has 0 saturated heterocycles. The van der Waals surface area contributed by atoms with Crippen LogP contribution < -0.4 is 15.4 Å². The number of halogens is 2. The second-order valence-electron chi connectivity index (χ2n) is 7.62.